The Hall–Kier alpha value is -5.88. The van der Waals surface area contributed by atoms with Crippen LogP contribution in [0.4, 0.5) is 5.69 Å². The van der Waals surface area contributed by atoms with Gasteiger partial charge in [-0.1, -0.05) is 121 Å². The first-order chi connectivity index (χ1) is 22.6. The molecule has 1 aliphatic heterocycles. The number of anilines is 1. The summed E-state index contributed by atoms with van der Waals surface area (Å²) in [6, 6.07) is 42.9. The first-order valence-corrected chi connectivity index (χ1v) is 15.5. The molecule has 46 heavy (non-hydrogen) atoms. The zero-order valence-electron chi connectivity index (χ0n) is 24.6. The number of fused-ring (bicyclic) bond motifs is 2. The predicted molar refractivity (Wildman–Crippen MR) is 179 cm³/mol. The molecule has 2 bridgehead atoms. The van der Waals surface area contributed by atoms with Crippen molar-refractivity contribution in [1.29, 1.82) is 0 Å². The molecule has 6 aromatic carbocycles. The van der Waals surface area contributed by atoms with Gasteiger partial charge in [-0.05, 0) is 50.5 Å². The molecule has 3 aliphatic carbocycles. The van der Waals surface area contributed by atoms with Gasteiger partial charge in [0.25, 0.3) is 5.91 Å². The number of nitrogens with one attached hydrogen (secondary N) is 1. The fourth-order valence-electron chi connectivity index (χ4n) is 8.37. The molecule has 220 valence electrons. The average molecular weight is 598 g/mol. The van der Waals surface area contributed by atoms with Crippen LogP contribution in [-0.2, 0) is 15.0 Å². The maximum atomic E-state index is 14.8. The molecule has 4 aliphatic rings. The summed E-state index contributed by atoms with van der Waals surface area (Å²) in [5.41, 5.74) is 6.68. The largest absolute Gasteiger partial charge is 0.274 e. The number of benzene rings is 6. The van der Waals surface area contributed by atoms with Crippen LogP contribution in [0.2, 0.25) is 0 Å². The van der Waals surface area contributed by atoms with Crippen molar-refractivity contribution in [1.82, 2.24) is 5.43 Å². The fourth-order valence-corrected chi connectivity index (χ4v) is 8.37. The first kappa shape index (κ1) is 26.5. The Kier molecular flexibility index (Phi) is 5.66. The lowest BCUT2D eigenvalue weighted by Gasteiger charge is -2.52. The average Bonchev–Trinajstić information content (AvgIpc) is 3.38. The molecule has 0 unspecified atom stereocenters. The van der Waals surface area contributed by atoms with Crippen LogP contribution in [0.5, 0.6) is 0 Å². The van der Waals surface area contributed by atoms with Gasteiger partial charge in [-0.3, -0.25) is 14.4 Å². The Labute approximate surface area is 265 Å². The second-order valence-electron chi connectivity index (χ2n) is 12.3. The molecular weight excluding hydrogens is 570 g/mol. The number of nitrogens with zero attached hydrogens (tertiary/aromatic N) is 2. The normalized spacial score (nSPS) is 22.7. The third-order valence-electron chi connectivity index (χ3n) is 10.2. The van der Waals surface area contributed by atoms with Gasteiger partial charge in [0.2, 0.25) is 11.8 Å². The van der Waals surface area contributed by atoms with Gasteiger partial charge in [0.15, 0.2) is 0 Å². The zero-order chi connectivity index (χ0) is 31.0. The van der Waals surface area contributed by atoms with Gasteiger partial charge in [0.05, 0.1) is 22.9 Å². The van der Waals surface area contributed by atoms with E-state index in [1.807, 2.05) is 115 Å². The monoisotopic (exact) mass is 597 g/mol. The van der Waals surface area contributed by atoms with Gasteiger partial charge in [0.1, 0.15) is 0 Å². The van der Waals surface area contributed by atoms with Gasteiger partial charge in [-0.25, -0.2) is 10.3 Å². The van der Waals surface area contributed by atoms with Gasteiger partial charge in [-0.15, -0.1) is 0 Å². The van der Waals surface area contributed by atoms with Crippen LogP contribution < -0.4 is 10.3 Å². The molecule has 6 nitrogen and oxygen atoms in total. The highest BCUT2D eigenvalue weighted by atomic mass is 16.2. The molecule has 6 heteroatoms. The quantitative estimate of drug-likeness (QED) is 0.136. The molecule has 0 aromatic heterocycles. The van der Waals surface area contributed by atoms with Gasteiger partial charge >= 0.3 is 0 Å². The third-order valence-corrected chi connectivity index (χ3v) is 10.2. The van der Waals surface area contributed by atoms with Crippen molar-refractivity contribution in [3.8, 4) is 0 Å². The summed E-state index contributed by atoms with van der Waals surface area (Å²) in [5.74, 6) is -2.47. The minimum atomic E-state index is -1.08. The van der Waals surface area contributed by atoms with Crippen LogP contribution in [0.3, 0.4) is 0 Å². The van der Waals surface area contributed by atoms with Crippen LogP contribution in [-0.4, -0.2) is 23.9 Å². The van der Waals surface area contributed by atoms with E-state index in [9.17, 15) is 14.4 Å². The molecule has 0 saturated carbocycles. The summed E-state index contributed by atoms with van der Waals surface area (Å²) in [6.07, 6.45) is 1.71. The maximum absolute atomic E-state index is 14.8. The van der Waals surface area contributed by atoms with E-state index >= 15 is 0 Å². The second kappa shape index (κ2) is 9.81. The number of hydrazone groups is 1. The molecule has 1 saturated heterocycles. The molecule has 10 rings (SSSR count). The molecular formula is C40H27N3O3. The summed E-state index contributed by atoms with van der Waals surface area (Å²) in [6.45, 7) is 0. The van der Waals surface area contributed by atoms with Crippen LogP contribution in [0, 0.1) is 11.8 Å². The van der Waals surface area contributed by atoms with E-state index in [0.717, 1.165) is 43.8 Å². The predicted octanol–water partition coefficient (Wildman–Crippen LogP) is 6.96. The molecule has 6 aromatic rings. The lowest BCUT2D eigenvalue weighted by Crippen LogP contribution is -2.54. The number of imide groups is 1. The summed E-state index contributed by atoms with van der Waals surface area (Å²) >= 11 is 0. The lowest BCUT2D eigenvalue weighted by molar-refractivity contribution is -0.122. The molecule has 1 N–H and O–H groups in total. The van der Waals surface area contributed by atoms with Gasteiger partial charge in [0, 0.05) is 23.1 Å². The number of carbonyl (C=O) groups is 3. The van der Waals surface area contributed by atoms with Crippen LogP contribution in [0.15, 0.2) is 139 Å². The van der Waals surface area contributed by atoms with Crippen molar-refractivity contribution in [3.63, 3.8) is 0 Å². The van der Waals surface area contributed by atoms with E-state index in [1.54, 1.807) is 12.3 Å². The number of hydrogen-bond acceptors (Lipinski definition) is 4. The lowest BCUT2D eigenvalue weighted by atomic mass is 9.47. The van der Waals surface area contributed by atoms with Crippen molar-refractivity contribution in [3.05, 3.63) is 161 Å². The SMILES string of the molecule is O=C(N/N=C\C12c3ccccc3C(c3ccccc31)[C@@H]1C(=O)N(c3cccc4ccccc34)C(=O)[C@@H]12)c1cccc2ccccc12. The Balaban J connectivity index is 1.21. The van der Waals surface area contributed by atoms with E-state index in [4.69, 9.17) is 0 Å². The highest BCUT2D eigenvalue weighted by Crippen LogP contribution is 2.63. The number of carbonyl (C=O) groups excluding carboxylic acids is 3. The Morgan fingerprint density at radius 1 is 0.652 bits per heavy atom. The number of hydrogen-bond donors (Lipinski definition) is 1. The van der Waals surface area contributed by atoms with E-state index in [0.29, 0.717) is 11.3 Å². The minimum Gasteiger partial charge on any atom is -0.274 e. The number of amides is 3. The van der Waals surface area contributed by atoms with Gasteiger partial charge < -0.3 is 0 Å². The van der Waals surface area contributed by atoms with E-state index in [-0.39, 0.29) is 23.6 Å². The van der Waals surface area contributed by atoms with E-state index in [2.05, 4.69) is 22.7 Å². The van der Waals surface area contributed by atoms with Crippen molar-refractivity contribution < 1.29 is 14.4 Å². The second-order valence-corrected chi connectivity index (χ2v) is 12.3. The maximum Gasteiger partial charge on any atom is 0.271 e. The zero-order valence-corrected chi connectivity index (χ0v) is 24.6. The number of rotatable bonds is 4. The van der Waals surface area contributed by atoms with Crippen LogP contribution in [0.1, 0.15) is 38.5 Å². The topological polar surface area (TPSA) is 78.8 Å². The van der Waals surface area contributed by atoms with Crippen molar-refractivity contribution in [2.24, 2.45) is 16.9 Å². The fraction of sp³-hybridized carbons (Fsp3) is 0.100. The van der Waals surface area contributed by atoms with Crippen LogP contribution >= 0.6 is 0 Å². The molecule has 1 heterocycles. The molecule has 3 amide bonds. The Morgan fingerprint density at radius 3 is 1.93 bits per heavy atom. The van der Waals surface area contributed by atoms with E-state index < -0.39 is 17.3 Å². The van der Waals surface area contributed by atoms with Gasteiger partial charge in [-0.2, -0.15) is 5.10 Å². The summed E-state index contributed by atoms with van der Waals surface area (Å²) in [5, 5.41) is 8.19. The summed E-state index contributed by atoms with van der Waals surface area (Å²) in [4.78, 5) is 44.4. The van der Waals surface area contributed by atoms with Crippen molar-refractivity contribution in [2.75, 3.05) is 4.90 Å². The molecule has 2 atom stereocenters. The van der Waals surface area contributed by atoms with Crippen molar-refractivity contribution in [2.45, 2.75) is 11.3 Å². The molecule has 0 radical (unpaired) electrons. The first-order valence-electron chi connectivity index (χ1n) is 15.5. The summed E-state index contributed by atoms with van der Waals surface area (Å²) in [7, 11) is 0. The standard InChI is InChI=1S/C40H27N3O3/c44-37(28-19-9-13-24-11-1-3-15-26(24)28)42-41-23-40-31-20-7-5-17-29(31)34(30-18-6-8-21-32(30)40)35-36(40)39(46)43(38(35)45)33-22-10-14-25-12-2-4-16-27(25)33/h1-23,34-36H,(H,42,44)/b41-23-/t34?,35-,36+,40?/m0/s1. The van der Waals surface area contributed by atoms with E-state index in [1.165, 1.54) is 4.90 Å². The minimum absolute atomic E-state index is 0.210. The molecule has 1 fully saturated rings. The molecule has 0 spiro atoms. The van der Waals surface area contributed by atoms with Crippen molar-refractivity contribution >= 4 is 51.2 Å². The Bertz CT molecular complexity index is 2250. The summed E-state index contributed by atoms with van der Waals surface area (Å²) < 4.78 is 0. The highest BCUT2D eigenvalue weighted by molar-refractivity contribution is 6.27. The third kappa shape index (κ3) is 3.47. The smallest absolute Gasteiger partial charge is 0.271 e. The van der Waals surface area contributed by atoms with Crippen LogP contribution in [0.25, 0.3) is 21.5 Å². The highest BCUT2D eigenvalue weighted by Gasteiger charge is 2.68. The Morgan fingerprint density at radius 2 is 1.22 bits per heavy atom.